The number of aromatic carboxylic acids is 1. The van der Waals surface area contributed by atoms with Crippen LogP contribution in [-0.2, 0) is 0 Å². The summed E-state index contributed by atoms with van der Waals surface area (Å²) in [4.78, 5) is 35.4. The number of hydrogen-bond donors (Lipinski definition) is 1. The highest BCUT2D eigenvalue weighted by Crippen LogP contribution is 2.35. The number of aromatic nitrogens is 1. The fourth-order valence-corrected chi connectivity index (χ4v) is 2.94. The van der Waals surface area contributed by atoms with Crippen LogP contribution in [0.15, 0.2) is 17.1 Å². The molecule has 0 saturated carbocycles. The molecule has 1 aliphatic rings. The van der Waals surface area contributed by atoms with Crippen molar-refractivity contribution in [1.29, 1.82) is 0 Å². The van der Waals surface area contributed by atoms with E-state index in [1.165, 1.54) is 10.8 Å². The quantitative estimate of drug-likeness (QED) is 0.878. The number of benzene rings is 1. The minimum atomic E-state index is -1.40. The molecule has 0 aliphatic carbocycles. The largest absolute Gasteiger partial charge is 0.477 e. The van der Waals surface area contributed by atoms with E-state index in [2.05, 4.69) is 0 Å². The van der Waals surface area contributed by atoms with Crippen molar-refractivity contribution in [2.24, 2.45) is 0 Å². The summed E-state index contributed by atoms with van der Waals surface area (Å²) in [7, 11) is 0. The lowest BCUT2D eigenvalue weighted by Gasteiger charge is -2.26. The zero-order valence-corrected chi connectivity index (χ0v) is 11.6. The molecule has 0 bridgehead atoms. The lowest BCUT2D eigenvalue weighted by molar-refractivity contribution is 0.0694. The molecule has 1 aliphatic heterocycles. The van der Waals surface area contributed by atoms with Crippen molar-refractivity contribution in [1.82, 2.24) is 4.57 Å². The fraction of sp³-hybridized carbons (Fsp3) is 0.214. The Balaban J connectivity index is 2.62. The van der Waals surface area contributed by atoms with Crippen LogP contribution in [-0.4, -0.2) is 21.4 Å². The fourth-order valence-electron chi connectivity index (χ4n) is 2.69. The predicted molar refractivity (Wildman–Crippen MR) is 73.8 cm³/mol. The number of carboxylic acids is 1. The zero-order valence-electron chi connectivity index (χ0n) is 10.8. The van der Waals surface area contributed by atoms with Gasteiger partial charge in [0.05, 0.1) is 21.5 Å². The highest BCUT2D eigenvalue weighted by molar-refractivity contribution is 6.36. The Hall–Kier alpha value is -2.21. The van der Waals surface area contributed by atoms with E-state index in [-0.39, 0.29) is 39.7 Å². The number of ketones is 1. The van der Waals surface area contributed by atoms with E-state index in [0.717, 1.165) is 6.07 Å². The maximum atomic E-state index is 13.9. The van der Waals surface area contributed by atoms with Gasteiger partial charge >= 0.3 is 5.97 Å². The Morgan fingerprint density at radius 3 is 2.76 bits per heavy atom. The van der Waals surface area contributed by atoms with Gasteiger partial charge in [-0.1, -0.05) is 11.6 Å². The van der Waals surface area contributed by atoms with Crippen LogP contribution in [0.4, 0.5) is 4.39 Å². The molecule has 1 N–H and O–H groups in total. The summed E-state index contributed by atoms with van der Waals surface area (Å²) >= 11 is 5.85. The average molecular weight is 310 g/mol. The molecule has 1 aromatic carbocycles. The lowest BCUT2D eigenvalue weighted by atomic mass is 9.94. The molecular formula is C14H9ClFNO4. The number of halogens is 2. The van der Waals surface area contributed by atoms with Gasteiger partial charge in [0.1, 0.15) is 11.4 Å². The van der Waals surface area contributed by atoms with Crippen LogP contribution in [0.3, 0.4) is 0 Å². The SMILES string of the molecule is CC1CC(=O)c2c(Cl)c(F)cc3c(=O)c(C(=O)O)cn1c23. The van der Waals surface area contributed by atoms with Crippen molar-refractivity contribution in [3.63, 3.8) is 0 Å². The molecule has 2 heterocycles. The van der Waals surface area contributed by atoms with Crippen LogP contribution >= 0.6 is 11.6 Å². The Bertz CT molecular complexity index is 887. The van der Waals surface area contributed by atoms with E-state index in [9.17, 15) is 18.8 Å². The molecule has 1 aromatic heterocycles. The summed E-state index contributed by atoms with van der Waals surface area (Å²) in [5.41, 5.74) is -1.15. The first kappa shape index (κ1) is 13.8. The van der Waals surface area contributed by atoms with E-state index in [1.807, 2.05) is 0 Å². The van der Waals surface area contributed by atoms with Gasteiger partial charge in [-0.3, -0.25) is 9.59 Å². The molecule has 5 nitrogen and oxygen atoms in total. The molecule has 7 heteroatoms. The van der Waals surface area contributed by atoms with Crippen LogP contribution in [0.2, 0.25) is 5.02 Å². The van der Waals surface area contributed by atoms with E-state index < -0.39 is 22.8 Å². The normalized spacial score (nSPS) is 17.3. The van der Waals surface area contributed by atoms with Crippen molar-refractivity contribution in [3.05, 3.63) is 44.5 Å². The van der Waals surface area contributed by atoms with Gasteiger partial charge in [-0.2, -0.15) is 0 Å². The number of nitrogens with zero attached hydrogens (tertiary/aromatic N) is 1. The maximum absolute atomic E-state index is 13.9. The second-order valence-electron chi connectivity index (χ2n) is 5.00. The van der Waals surface area contributed by atoms with Gasteiger partial charge in [0.2, 0.25) is 5.43 Å². The van der Waals surface area contributed by atoms with Crippen LogP contribution in [0, 0.1) is 5.82 Å². The predicted octanol–water partition coefficient (Wildman–Crippen LogP) is 2.64. The molecule has 0 amide bonds. The molecule has 2 aromatic rings. The number of carboxylic acid groups (broad SMARTS) is 1. The molecular weight excluding hydrogens is 301 g/mol. The third-order valence-electron chi connectivity index (χ3n) is 3.67. The summed E-state index contributed by atoms with van der Waals surface area (Å²) in [6.07, 6.45) is 1.25. The Morgan fingerprint density at radius 1 is 1.48 bits per heavy atom. The Labute approximate surface area is 122 Å². The maximum Gasteiger partial charge on any atom is 0.341 e. The van der Waals surface area contributed by atoms with Crippen LogP contribution in [0.1, 0.15) is 40.1 Å². The third kappa shape index (κ3) is 1.79. The smallest absolute Gasteiger partial charge is 0.341 e. The molecule has 1 unspecified atom stereocenters. The minimum Gasteiger partial charge on any atom is -0.477 e. The standard InChI is InChI=1S/C14H9ClFNO4/c1-5-2-9(18)10-11(15)8(16)3-6-12(10)17(5)4-7(13(6)19)14(20)21/h3-5H,2H2,1H3,(H,20,21). The highest BCUT2D eigenvalue weighted by Gasteiger charge is 2.30. The highest BCUT2D eigenvalue weighted by atomic mass is 35.5. The monoisotopic (exact) mass is 309 g/mol. The van der Waals surface area contributed by atoms with Gasteiger partial charge in [-0.15, -0.1) is 0 Å². The van der Waals surface area contributed by atoms with Crippen molar-refractivity contribution in [3.8, 4) is 0 Å². The van der Waals surface area contributed by atoms with Gasteiger partial charge < -0.3 is 9.67 Å². The zero-order chi connectivity index (χ0) is 15.5. The Kier molecular flexibility index (Phi) is 2.88. The molecule has 1 atom stereocenters. The molecule has 108 valence electrons. The first-order valence-corrected chi connectivity index (χ1v) is 6.54. The first-order valence-electron chi connectivity index (χ1n) is 6.16. The molecule has 3 rings (SSSR count). The number of carbonyl (C=O) groups excluding carboxylic acids is 1. The van der Waals surface area contributed by atoms with E-state index in [0.29, 0.717) is 0 Å². The molecule has 0 spiro atoms. The van der Waals surface area contributed by atoms with Gasteiger partial charge in [-0.05, 0) is 13.0 Å². The van der Waals surface area contributed by atoms with Crippen molar-refractivity contribution >= 4 is 34.3 Å². The van der Waals surface area contributed by atoms with Gasteiger partial charge in [0.15, 0.2) is 5.78 Å². The van der Waals surface area contributed by atoms with Crippen molar-refractivity contribution < 1.29 is 19.1 Å². The van der Waals surface area contributed by atoms with Crippen LogP contribution in [0.25, 0.3) is 10.9 Å². The molecule has 0 fully saturated rings. The van der Waals surface area contributed by atoms with Crippen molar-refractivity contribution in [2.45, 2.75) is 19.4 Å². The van der Waals surface area contributed by atoms with Gasteiger partial charge in [0.25, 0.3) is 0 Å². The van der Waals surface area contributed by atoms with E-state index >= 15 is 0 Å². The lowest BCUT2D eigenvalue weighted by Crippen LogP contribution is -2.26. The van der Waals surface area contributed by atoms with E-state index in [1.54, 1.807) is 6.92 Å². The summed E-state index contributed by atoms with van der Waals surface area (Å²) < 4.78 is 15.4. The number of rotatable bonds is 1. The number of carbonyl (C=O) groups is 2. The number of hydrogen-bond acceptors (Lipinski definition) is 3. The second-order valence-corrected chi connectivity index (χ2v) is 5.38. The average Bonchev–Trinajstić information content (AvgIpc) is 2.40. The summed E-state index contributed by atoms with van der Waals surface area (Å²) in [5.74, 6) is -2.67. The molecule has 0 saturated heterocycles. The first-order chi connectivity index (χ1) is 9.82. The summed E-state index contributed by atoms with van der Waals surface area (Å²) in [6.45, 7) is 1.72. The van der Waals surface area contributed by atoms with Crippen molar-refractivity contribution in [2.75, 3.05) is 0 Å². The molecule has 21 heavy (non-hydrogen) atoms. The molecule has 0 radical (unpaired) electrons. The minimum absolute atomic E-state index is 0.0567. The van der Waals surface area contributed by atoms with E-state index in [4.69, 9.17) is 16.7 Å². The topological polar surface area (TPSA) is 76.4 Å². The second kappa shape index (κ2) is 4.39. The summed E-state index contributed by atoms with van der Waals surface area (Å²) in [5, 5.41) is 8.61. The van der Waals surface area contributed by atoms with Crippen LogP contribution < -0.4 is 5.43 Å². The van der Waals surface area contributed by atoms with Crippen LogP contribution in [0.5, 0.6) is 0 Å². The van der Waals surface area contributed by atoms with Gasteiger partial charge in [0, 0.05) is 18.7 Å². The summed E-state index contributed by atoms with van der Waals surface area (Å²) in [6, 6.07) is 0.547. The van der Waals surface area contributed by atoms with Gasteiger partial charge in [-0.25, -0.2) is 9.18 Å². The third-order valence-corrected chi connectivity index (χ3v) is 4.04. The number of Topliss-reactive ketones (excluding diaryl/α,β-unsaturated/α-hetero) is 1. The Morgan fingerprint density at radius 2 is 2.14 bits per heavy atom. The number of pyridine rings is 1.